The highest BCUT2D eigenvalue weighted by Crippen LogP contribution is 2.41. The van der Waals surface area contributed by atoms with Gasteiger partial charge in [0.1, 0.15) is 11.6 Å². The lowest BCUT2D eigenvalue weighted by Gasteiger charge is -2.34. The van der Waals surface area contributed by atoms with E-state index in [-0.39, 0.29) is 37.2 Å². The molecule has 0 aliphatic heterocycles. The van der Waals surface area contributed by atoms with Gasteiger partial charge in [-0.05, 0) is 48.6 Å². The van der Waals surface area contributed by atoms with Crippen LogP contribution in [0.4, 0.5) is 17.6 Å². The number of halogens is 4. The third-order valence-electron chi connectivity index (χ3n) is 5.05. The first kappa shape index (κ1) is 20.1. The third-order valence-corrected chi connectivity index (χ3v) is 5.05. The fraction of sp³-hybridized carbons (Fsp3) is 0.400. The van der Waals surface area contributed by atoms with Crippen molar-refractivity contribution in [3.8, 4) is 5.75 Å². The molecule has 1 saturated carbocycles. The molecule has 1 atom stereocenters. The predicted octanol–water partition coefficient (Wildman–Crippen LogP) is 4.67. The van der Waals surface area contributed by atoms with Gasteiger partial charge in [0.2, 0.25) is 11.9 Å². The van der Waals surface area contributed by atoms with Crippen LogP contribution < -0.4 is 10.1 Å². The van der Waals surface area contributed by atoms with Crippen molar-refractivity contribution in [1.82, 2.24) is 10.3 Å². The molecule has 1 N–H and O–H groups in total. The van der Waals surface area contributed by atoms with Crippen molar-refractivity contribution in [2.24, 2.45) is 5.92 Å². The number of hydrogen-bond acceptors (Lipinski definition) is 3. The number of nitrogens with zero attached hydrogens (tertiary/aromatic N) is 1. The minimum atomic E-state index is -2.73. The van der Waals surface area contributed by atoms with Gasteiger partial charge in [0.05, 0.1) is 18.7 Å². The Kier molecular flexibility index (Phi) is 5.86. The SMILES string of the molecule is COc1ccc(F)c(C(=O)NC(c2ccc(F)nc2)C2CCC(F)(F)CC2)c1. The maximum absolute atomic E-state index is 14.1. The Bertz CT molecular complexity index is 833. The monoisotopic (exact) mass is 396 g/mol. The Morgan fingerprint density at radius 2 is 1.93 bits per heavy atom. The van der Waals surface area contributed by atoms with E-state index in [2.05, 4.69) is 10.3 Å². The van der Waals surface area contributed by atoms with Crippen LogP contribution in [0, 0.1) is 17.7 Å². The first-order chi connectivity index (χ1) is 13.3. The number of carbonyl (C=O) groups is 1. The lowest BCUT2D eigenvalue weighted by atomic mass is 9.80. The summed E-state index contributed by atoms with van der Waals surface area (Å²) in [6.07, 6.45) is 1.01. The smallest absolute Gasteiger partial charge is 0.254 e. The maximum atomic E-state index is 14.1. The van der Waals surface area contributed by atoms with Crippen molar-refractivity contribution in [3.05, 3.63) is 59.4 Å². The molecule has 1 aromatic carbocycles. The fourth-order valence-electron chi connectivity index (χ4n) is 3.46. The Morgan fingerprint density at radius 3 is 2.54 bits per heavy atom. The Hall–Kier alpha value is -2.64. The standard InChI is InChI=1S/C20H20F4N2O2/c1-28-14-3-4-16(21)15(10-14)19(27)26-18(13-2-5-17(22)25-11-13)12-6-8-20(23,24)9-7-12/h2-5,10-12,18H,6-9H2,1H3,(H,26,27). The molecule has 1 amide bonds. The number of aromatic nitrogens is 1. The second-order valence-electron chi connectivity index (χ2n) is 6.90. The van der Waals surface area contributed by atoms with Gasteiger partial charge in [-0.15, -0.1) is 0 Å². The molecule has 28 heavy (non-hydrogen) atoms. The molecule has 0 spiro atoms. The number of hydrogen-bond donors (Lipinski definition) is 1. The summed E-state index contributed by atoms with van der Waals surface area (Å²) in [6, 6.07) is 5.65. The molecule has 1 fully saturated rings. The van der Waals surface area contributed by atoms with E-state index in [0.717, 1.165) is 12.1 Å². The number of nitrogens with one attached hydrogen (secondary N) is 1. The van der Waals surface area contributed by atoms with Gasteiger partial charge in [-0.1, -0.05) is 6.07 Å². The largest absolute Gasteiger partial charge is 0.497 e. The molecule has 0 saturated heterocycles. The van der Waals surface area contributed by atoms with E-state index in [4.69, 9.17) is 4.74 Å². The van der Waals surface area contributed by atoms with Crippen LogP contribution in [0.3, 0.4) is 0 Å². The molecule has 3 rings (SSSR count). The molecule has 1 aliphatic carbocycles. The van der Waals surface area contributed by atoms with E-state index < -0.39 is 29.6 Å². The van der Waals surface area contributed by atoms with Crippen LogP contribution in [0.5, 0.6) is 5.75 Å². The van der Waals surface area contributed by atoms with Gasteiger partial charge in [-0.3, -0.25) is 4.79 Å². The van der Waals surface area contributed by atoms with Gasteiger partial charge in [0, 0.05) is 19.0 Å². The molecule has 1 heterocycles. The van der Waals surface area contributed by atoms with Gasteiger partial charge in [0.25, 0.3) is 5.91 Å². The van der Waals surface area contributed by atoms with E-state index in [9.17, 15) is 22.4 Å². The van der Waals surface area contributed by atoms with Crippen molar-refractivity contribution < 1.29 is 27.1 Å². The highest BCUT2D eigenvalue weighted by molar-refractivity contribution is 5.95. The lowest BCUT2D eigenvalue weighted by Crippen LogP contribution is -2.37. The van der Waals surface area contributed by atoms with Gasteiger partial charge in [-0.2, -0.15) is 4.39 Å². The second kappa shape index (κ2) is 8.16. The Balaban J connectivity index is 1.87. The van der Waals surface area contributed by atoms with E-state index in [1.807, 2.05) is 0 Å². The van der Waals surface area contributed by atoms with Crippen molar-refractivity contribution in [2.75, 3.05) is 7.11 Å². The predicted molar refractivity (Wildman–Crippen MR) is 94.3 cm³/mol. The summed E-state index contributed by atoms with van der Waals surface area (Å²) in [5, 5.41) is 2.72. The van der Waals surface area contributed by atoms with Crippen LogP contribution in [-0.4, -0.2) is 23.9 Å². The van der Waals surface area contributed by atoms with Crippen molar-refractivity contribution in [3.63, 3.8) is 0 Å². The zero-order valence-electron chi connectivity index (χ0n) is 15.2. The zero-order valence-corrected chi connectivity index (χ0v) is 15.2. The van der Waals surface area contributed by atoms with Crippen molar-refractivity contribution in [2.45, 2.75) is 37.6 Å². The quantitative estimate of drug-likeness (QED) is 0.591. The number of pyridine rings is 1. The normalized spacial score (nSPS) is 17.8. The minimum Gasteiger partial charge on any atom is -0.497 e. The molecular formula is C20H20F4N2O2. The molecule has 4 nitrogen and oxygen atoms in total. The summed E-state index contributed by atoms with van der Waals surface area (Å²) in [6.45, 7) is 0. The summed E-state index contributed by atoms with van der Waals surface area (Å²) in [4.78, 5) is 16.3. The van der Waals surface area contributed by atoms with E-state index in [1.165, 1.54) is 31.5 Å². The number of benzene rings is 1. The summed E-state index contributed by atoms with van der Waals surface area (Å²) in [5.41, 5.74) is 0.258. The van der Waals surface area contributed by atoms with Crippen LogP contribution in [-0.2, 0) is 0 Å². The average molecular weight is 396 g/mol. The first-order valence-corrected chi connectivity index (χ1v) is 8.93. The van der Waals surface area contributed by atoms with Crippen LogP contribution in [0.15, 0.2) is 36.5 Å². The fourth-order valence-corrected chi connectivity index (χ4v) is 3.46. The molecule has 0 radical (unpaired) electrons. The highest BCUT2D eigenvalue weighted by Gasteiger charge is 2.38. The number of methoxy groups -OCH3 is 1. The van der Waals surface area contributed by atoms with Crippen LogP contribution in [0.25, 0.3) is 0 Å². The first-order valence-electron chi connectivity index (χ1n) is 8.93. The van der Waals surface area contributed by atoms with Crippen LogP contribution in [0.2, 0.25) is 0 Å². The Morgan fingerprint density at radius 1 is 1.21 bits per heavy atom. The number of rotatable bonds is 5. The lowest BCUT2D eigenvalue weighted by molar-refractivity contribution is -0.0494. The van der Waals surface area contributed by atoms with E-state index >= 15 is 0 Å². The number of ether oxygens (including phenoxy) is 1. The second-order valence-corrected chi connectivity index (χ2v) is 6.90. The average Bonchev–Trinajstić information content (AvgIpc) is 2.67. The minimum absolute atomic E-state index is 0.177. The van der Waals surface area contributed by atoms with Crippen LogP contribution in [0.1, 0.15) is 47.6 Å². The number of carbonyl (C=O) groups excluding carboxylic acids is 1. The summed E-state index contributed by atoms with van der Waals surface area (Å²) < 4.78 is 59.4. The molecule has 1 aliphatic rings. The van der Waals surface area contributed by atoms with Gasteiger partial charge in [0.15, 0.2) is 0 Å². The molecule has 0 bridgehead atoms. The number of alkyl halides is 2. The highest BCUT2D eigenvalue weighted by atomic mass is 19.3. The third kappa shape index (κ3) is 4.61. The summed E-state index contributed by atoms with van der Waals surface area (Å²) >= 11 is 0. The molecule has 2 aromatic rings. The van der Waals surface area contributed by atoms with E-state index in [1.54, 1.807) is 0 Å². The van der Waals surface area contributed by atoms with Gasteiger partial charge in [-0.25, -0.2) is 18.2 Å². The summed E-state index contributed by atoms with van der Waals surface area (Å²) in [5.74, 6) is -4.85. The van der Waals surface area contributed by atoms with Crippen LogP contribution >= 0.6 is 0 Å². The molecule has 8 heteroatoms. The van der Waals surface area contributed by atoms with Crippen molar-refractivity contribution >= 4 is 5.91 Å². The van der Waals surface area contributed by atoms with Gasteiger partial charge < -0.3 is 10.1 Å². The zero-order chi connectivity index (χ0) is 20.3. The molecular weight excluding hydrogens is 376 g/mol. The maximum Gasteiger partial charge on any atom is 0.254 e. The van der Waals surface area contributed by atoms with E-state index in [0.29, 0.717) is 11.3 Å². The summed E-state index contributed by atoms with van der Waals surface area (Å²) in [7, 11) is 1.39. The molecule has 1 aromatic heterocycles. The molecule has 150 valence electrons. The topological polar surface area (TPSA) is 51.2 Å². The Labute approximate surface area is 159 Å². The number of amides is 1. The van der Waals surface area contributed by atoms with Gasteiger partial charge >= 0.3 is 0 Å². The molecule has 1 unspecified atom stereocenters. The van der Waals surface area contributed by atoms with Crippen molar-refractivity contribution in [1.29, 1.82) is 0 Å².